The van der Waals surface area contributed by atoms with Crippen LogP contribution in [0.25, 0.3) is 11.0 Å². The van der Waals surface area contributed by atoms with E-state index in [1.807, 2.05) is 66.9 Å². The number of hydrazone groups is 1. The van der Waals surface area contributed by atoms with E-state index in [-0.39, 0.29) is 11.8 Å². The summed E-state index contributed by atoms with van der Waals surface area (Å²) in [4.78, 5) is 16.5. The summed E-state index contributed by atoms with van der Waals surface area (Å²) in [7, 11) is 0. The van der Waals surface area contributed by atoms with Crippen LogP contribution in [0.4, 0.5) is 0 Å². The number of carbonyl (C=O) groups excluding carboxylic acids is 1. The van der Waals surface area contributed by atoms with E-state index < -0.39 is 0 Å². The van der Waals surface area contributed by atoms with Gasteiger partial charge in [0.1, 0.15) is 0 Å². The standard InChI is InChI=1S/C19H20N4O/c1-14-7-9-16(10-8-14)11-21-22-19(24)15(2)12-23-13-20-17-5-3-4-6-18(17)23/h3-11,13,15H,12H2,1-2H3,(H,22,24)/b21-11+. The van der Waals surface area contributed by atoms with Crippen molar-refractivity contribution in [2.75, 3.05) is 0 Å². The van der Waals surface area contributed by atoms with E-state index in [0.717, 1.165) is 16.6 Å². The monoisotopic (exact) mass is 320 g/mol. The molecule has 0 aliphatic rings. The largest absolute Gasteiger partial charge is 0.330 e. The molecule has 0 radical (unpaired) electrons. The lowest BCUT2D eigenvalue weighted by Crippen LogP contribution is -2.27. The van der Waals surface area contributed by atoms with Gasteiger partial charge in [-0.3, -0.25) is 4.79 Å². The van der Waals surface area contributed by atoms with E-state index >= 15 is 0 Å². The van der Waals surface area contributed by atoms with Crippen LogP contribution < -0.4 is 5.43 Å². The zero-order valence-electron chi connectivity index (χ0n) is 13.8. The van der Waals surface area contributed by atoms with Crippen molar-refractivity contribution >= 4 is 23.2 Å². The van der Waals surface area contributed by atoms with Crippen molar-refractivity contribution in [2.24, 2.45) is 11.0 Å². The van der Waals surface area contributed by atoms with E-state index in [0.29, 0.717) is 6.54 Å². The summed E-state index contributed by atoms with van der Waals surface area (Å²) in [5.41, 5.74) is 6.71. The van der Waals surface area contributed by atoms with Crippen molar-refractivity contribution in [3.63, 3.8) is 0 Å². The molecule has 0 fully saturated rings. The van der Waals surface area contributed by atoms with Crippen molar-refractivity contribution in [3.05, 3.63) is 66.0 Å². The second-order valence-electron chi connectivity index (χ2n) is 5.93. The Labute approximate surface area is 141 Å². The molecular weight excluding hydrogens is 300 g/mol. The topological polar surface area (TPSA) is 59.3 Å². The lowest BCUT2D eigenvalue weighted by Gasteiger charge is -2.11. The maximum absolute atomic E-state index is 12.2. The Kier molecular flexibility index (Phi) is 4.70. The Morgan fingerprint density at radius 1 is 1.25 bits per heavy atom. The van der Waals surface area contributed by atoms with Crippen molar-refractivity contribution in [2.45, 2.75) is 20.4 Å². The molecule has 0 aliphatic heterocycles. The van der Waals surface area contributed by atoms with Gasteiger partial charge >= 0.3 is 0 Å². The van der Waals surface area contributed by atoms with Crippen LogP contribution in [-0.2, 0) is 11.3 Å². The molecular formula is C19H20N4O. The van der Waals surface area contributed by atoms with Crippen LogP contribution in [0.3, 0.4) is 0 Å². The highest BCUT2D eigenvalue weighted by molar-refractivity contribution is 5.83. The number of imidazole rings is 1. The first-order chi connectivity index (χ1) is 11.6. The molecule has 0 aliphatic carbocycles. The molecule has 24 heavy (non-hydrogen) atoms. The number of nitrogens with zero attached hydrogens (tertiary/aromatic N) is 3. The average molecular weight is 320 g/mol. The van der Waals surface area contributed by atoms with Gasteiger partial charge in [0.05, 0.1) is 29.5 Å². The van der Waals surface area contributed by atoms with Gasteiger partial charge < -0.3 is 4.57 Å². The van der Waals surface area contributed by atoms with Gasteiger partial charge in [-0.05, 0) is 24.6 Å². The fraction of sp³-hybridized carbons (Fsp3) is 0.211. The van der Waals surface area contributed by atoms with Crippen LogP contribution in [0.2, 0.25) is 0 Å². The zero-order valence-corrected chi connectivity index (χ0v) is 13.8. The molecule has 0 bridgehead atoms. The van der Waals surface area contributed by atoms with Gasteiger partial charge in [-0.25, -0.2) is 10.4 Å². The number of carbonyl (C=O) groups is 1. The highest BCUT2D eigenvalue weighted by Crippen LogP contribution is 2.13. The summed E-state index contributed by atoms with van der Waals surface area (Å²) >= 11 is 0. The van der Waals surface area contributed by atoms with Gasteiger partial charge in [0.15, 0.2) is 0 Å². The zero-order chi connectivity index (χ0) is 16.9. The van der Waals surface area contributed by atoms with E-state index in [1.165, 1.54) is 5.56 Å². The van der Waals surface area contributed by atoms with Crippen LogP contribution in [0, 0.1) is 12.8 Å². The number of hydrogen-bond donors (Lipinski definition) is 1. The number of aromatic nitrogens is 2. The molecule has 3 rings (SSSR count). The third-order valence-electron chi connectivity index (χ3n) is 3.91. The Hall–Kier alpha value is -2.95. The molecule has 1 heterocycles. The normalized spacial score (nSPS) is 12.6. The Morgan fingerprint density at radius 3 is 2.79 bits per heavy atom. The fourth-order valence-corrected chi connectivity index (χ4v) is 2.47. The molecule has 1 N–H and O–H groups in total. The van der Waals surface area contributed by atoms with Gasteiger partial charge in [-0.1, -0.05) is 48.9 Å². The predicted molar refractivity (Wildman–Crippen MR) is 95.8 cm³/mol. The molecule has 5 nitrogen and oxygen atoms in total. The third-order valence-corrected chi connectivity index (χ3v) is 3.91. The maximum atomic E-state index is 12.2. The molecule has 122 valence electrons. The molecule has 1 unspecified atom stereocenters. The first-order valence-corrected chi connectivity index (χ1v) is 7.93. The molecule has 5 heteroatoms. The summed E-state index contributed by atoms with van der Waals surface area (Å²) in [6.07, 6.45) is 3.42. The molecule has 0 spiro atoms. The van der Waals surface area contributed by atoms with Crippen molar-refractivity contribution in [1.29, 1.82) is 0 Å². The van der Waals surface area contributed by atoms with Crippen LogP contribution in [0.15, 0.2) is 60.0 Å². The number of amides is 1. The van der Waals surface area contributed by atoms with Crippen molar-refractivity contribution in [3.8, 4) is 0 Å². The van der Waals surface area contributed by atoms with E-state index in [2.05, 4.69) is 15.5 Å². The summed E-state index contributed by atoms with van der Waals surface area (Å²) in [6, 6.07) is 15.8. The molecule has 0 saturated heterocycles. The lowest BCUT2D eigenvalue weighted by molar-refractivity contribution is -0.124. The number of fused-ring (bicyclic) bond motifs is 1. The number of nitrogens with one attached hydrogen (secondary N) is 1. The molecule has 2 aromatic carbocycles. The lowest BCUT2D eigenvalue weighted by atomic mass is 10.1. The maximum Gasteiger partial charge on any atom is 0.244 e. The number of aryl methyl sites for hydroxylation is 1. The Morgan fingerprint density at radius 2 is 2.00 bits per heavy atom. The quantitative estimate of drug-likeness (QED) is 0.580. The van der Waals surface area contributed by atoms with Crippen LogP contribution >= 0.6 is 0 Å². The SMILES string of the molecule is Cc1ccc(/C=N/NC(=O)C(C)Cn2cnc3ccccc32)cc1. The summed E-state index contributed by atoms with van der Waals surface area (Å²) in [5.74, 6) is -0.325. The third kappa shape index (κ3) is 3.68. The molecule has 3 aromatic rings. The second kappa shape index (κ2) is 7.08. The Balaban J connectivity index is 1.59. The van der Waals surface area contributed by atoms with Gasteiger partial charge in [-0.2, -0.15) is 5.10 Å². The van der Waals surface area contributed by atoms with Gasteiger partial charge in [-0.15, -0.1) is 0 Å². The van der Waals surface area contributed by atoms with Gasteiger partial charge in [0.25, 0.3) is 0 Å². The highest BCUT2D eigenvalue weighted by atomic mass is 16.2. The summed E-state index contributed by atoms with van der Waals surface area (Å²) in [5, 5.41) is 4.03. The minimum absolute atomic E-state index is 0.115. The summed E-state index contributed by atoms with van der Waals surface area (Å²) in [6.45, 7) is 4.47. The number of hydrogen-bond acceptors (Lipinski definition) is 3. The van der Waals surface area contributed by atoms with Gasteiger partial charge in [0, 0.05) is 6.54 Å². The number of para-hydroxylation sites is 2. The first kappa shape index (κ1) is 15.9. The van der Waals surface area contributed by atoms with Crippen LogP contribution in [0.5, 0.6) is 0 Å². The van der Waals surface area contributed by atoms with Crippen molar-refractivity contribution in [1.82, 2.24) is 15.0 Å². The summed E-state index contributed by atoms with van der Waals surface area (Å²) < 4.78 is 1.99. The fourth-order valence-electron chi connectivity index (χ4n) is 2.47. The van der Waals surface area contributed by atoms with Crippen molar-refractivity contribution < 1.29 is 4.79 Å². The second-order valence-corrected chi connectivity index (χ2v) is 5.93. The molecule has 1 aromatic heterocycles. The van der Waals surface area contributed by atoms with Gasteiger partial charge in [0.2, 0.25) is 5.91 Å². The number of benzene rings is 2. The smallest absolute Gasteiger partial charge is 0.244 e. The number of rotatable bonds is 5. The molecule has 1 amide bonds. The highest BCUT2D eigenvalue weighted by Gasteiger charge is 2.14. The molecule has 0 saturated carbocycles. The first-order valence-electron chi connectivity index (χ1n) is 7.93. The minimum Gasteiger partial charge on any atom is -0.330 e. The molecule has 1 atom stereocenters. The predicted octanol–water partition coefficient (Wildman–Crippen LogP) is 3.13. The average Bonchev–Trinajstić information content (AvgIpc) is 3.00. The van der Waals surface area contributed by atoms with E-state index in [1.54, 1.807) is 12.5 Å². The van der Waals surface area contributed by atoms with E-state index in [4.69, 9.17) is 0 Å². The Bertz CT molecular complexity index is 864. The van der Waals surface area contributed by atoms with E-state index in [9.17, 15) is 4.79 Å². The van der Waals surface area contributed by atoms with Crippen LogP contribution in [0.1, 0.15) is 18.1 Å². The van der Waals surface area contributed by atoms with Crippen LogP contribution in [-0.4, -0.2) is 21.7 Å². The minimum atomic E-state index is -0.210.